The van der Waals surface area contributed by atoms with Gasteiger partial charge in [0.05, 0.1) is 112 Å². The van der Waals surface area contributed by atoms with Crippen LogP contribution in [0.2, 0.25) is 0 Å². The summed E-state index contributed by atoms with van der Waals surface area (Å²) in [6.07, 6.45) is 14.0. The summed E-state index contributed by atoms with van der Waals surface area (Å²) >= 11 is 0. The zero-order chi connectivity index (χ0) is 94.5. The third-order valence-electron chi connectivity index (χ3n) is 24.3. The number of nitrogens with one attached hydrogen (secondary N) is 9. The molecule has 33 heteroatoms. The monoisotopic (exact) mass is 1860 g/mol. The highest BCUT2D eigenvalue weighted by atomic mass is 32.2. The van der Waals surface area contributed by atoms with E-state index in [9.17, 15) is 30.0 Å². The summed E-state index contributed by atoms with van der Waals surface area (Å²) in [6, 6.07) is 39.0. The summed E-state index contributed by atoms with van der Waals surface area (Å²) in [5, 5.41) is 29.7. The predicted molar refractivity (Wildman–Crippen MR) is 528 cm³/mol. The Hall–Kier alpha value is -11.5. The molecule has 3 fully saturated rings. The number of carboxylic acid groups (broad SMARTS) is 1. The lowest BCUT2D eigenvalue weighted by Gasteiger charge is -2.33. The average molecular weight is 1860 g/mol. The Morgan fingerprint density at radius 1 is 0.409 bits per heavy atom. The van der Waals surface area contributed by atoms with E-state index in [-0.39, 0.29) is 39.5 Å². The topological polar surface area (TPSA) is 383 Å². The second-order valence-corrected chi connectivity index (χ2v) is 43.5. The van der Waals surface area contributed by atoms with Crippen LogP contribution >= 0.6 is 0 Å². The van der Waals surface area contributed by atoms with E-state index in [1.165, 1.54) is 47.2 Å². The molecule has 0 atom stereocenters. The molecule has 6 aromatic carbocycles. The highest BCUT2D eigenvalue weighted by Gasteiger charge is 2.32. The summed E-state index contributed by atoms with van der Waals surface area (Å²) in [5.74, 6) is 5.15. The number of hydrogen-bond acceptors (Lipinski definition) is 26. The van der Waals surface area contributed by atoms with Gasteiger partial charge in [0.2, 0.25) is 17.8 Å². The van der Waals surface area contributed by atoms with Crippen molar-refractivity contribution in [3.8, 4) is 17.2 Å². The smallest absolute Gasteiger partial charge is 0.317 e. The van der Waals surface area contributed by atoms with Gasteiger partial charge in [0.15, 0.2) is 29.5 Å². The number of para-hydroxylation sites is 3. The number of carbonyl (C=O) groups is 1. The Morgan fingerprint density at radius 3 is 0.985 bits per heavy atom. The van der Waals surface area contributed by atoms with E-state index in [4.69, 9.17) is 49.0 Å². The summed E-state index contributed by atoms with van der Waals surface area (Å²) in [7, 11) is -8.84. The third-order valence-corrected chi connectivity index (χ3v) is 30.9. The van der Waals surface area contributed by atoms with Gasteiger partial charge < -0.3 is 80.7 Å². The van der Waals surface area contributed by atoms with Gasteiger partial charge in [-0.2, -0.15) is 29.9 Å². The molecule has 3 saturated heterocycles. The number of aromatic nitrogens is 9. The van der Waals surface area contributed by atoms with Gasteiger partial charge in [0, 0.05) is 32.2 Å². The lowest BCUT2D eigenvalue weighted by atomic mass is 9.86. The summed E-state index contributed by atoms with van der Waals surface area (Å²) in [6.45, 7) is 39.5. The van der Waals surface area contributed by atoms with Crippen molar-refractivity contribution in [2.24, 2.45) is 0 Å². The molecule has 0 bridgehead atoms. The quantitative estimate of drug-likeness (QED) is 0.0176. The van der Waals surface area contributed by atoms with Crippen molar-refractivity contribution >= 4 is 138 Å². The molecule has 132 heavy (non-hydrogen) atoms. The number of anilines is 12. The Morgan fingerprint density at radius 2 is 0.705 bits per heavy atom. The highest BCUT2D eigenvalue weighted by molar-refractivity contribution is 7.92. The van der Waals surface area contributed by atoms with Gasteiger partial charge in [-0.1, -0.05) is 49.7 Å². The molecule has 9 heterocycles. The average Bonchev–Trinajstić information content (AvgIpc) is 1.14. The van der Waals surface area contributed by atoms with Crippen molar-refractivity contribution < 1.29 is 54.1 Å². The molecule has 0 spiro atoms. The fraction of sp³-hybridized carbons (Fsp3) is 0.444. The van der Waals surface area contributed by atoms with Crippen LogP contribution in [0.25, 0.3) is 33.1 Å². The minimum atomic E-state index is -3.54. The van der Waals surface area contributed by atoms with Gasteiger partial charge in [-0.3, -0.25) is 9.69 Å². The number of aromatic amines is 3. The van der Waals surface area contributed by atoms with Crippen LogP contribution in [0.5, 0.6) is 17.2 Å². The molecule has 0 unspecified atom stereocenters. The summed E-state index contributed by atoms with van der Waals surface area (Å²) < 4.78 is 103. The molecular formula is C99H130N18O12S3. The number of rotatable bonds is 35. The van der Waals surface area contributed by atoms with Gasteiger partial charge in [0.1, 0.15) is 51.6 Å². The molecular weight excluding hydrogens is 1730 g/mol. The van der Waals surface area contributed by atoms with Gasteiger partial charge in [-0.15, -0.1) is 0 Å². The van der Waals surface area contributed by atoms with E-state index in [1.807, 2.05) is 76.8 Å². The van der Waals surface area contributed by atoms with Crippen LogP contribution < -0.4 is 46.1 Å². The van der Waals surface area contributed by atoms with Crippen LogP contribution in [-0.4, -0.2) is 203 Å². The van der Waals surface area contributed by atoms with Crippen molar-refractivity contribution in [2.75, 3.05) is 105 Å². The standard InChI is InChI=1S/C34H46N6O3S.C33H44N6O4S.C32H40N6O5S/c1-7-8-17-40-18-14-25(15-19-40)27-21-30(43-22(2)3)29(20-24(27)6)37-34-38-32-26(13-16-35-32)33(39-34)36-28-11-9-10-12-31(28)44(41,42)23(4)5;1-21(2)43-29-20-26(24-12-15-39(16-13-24)17-18-42-6)23(5)19-28(29)36-33-37-31-25(11-14-34-31)32(38-33)35-27-9-7-8-10-30(27)44(40,41)22(3)4;1-19(2)43-27-17-24(22-11-14-38(15-12-22)18-29(39)40)21(5)16-26(27)35-32-36-30-23(10-13-33-30)31(37-32)34-25-8-6-7-9-28(25)44(41,42)20(3)4/h9-13,16,20-23,25H,7-8,14-15,17-19H2,1-6H3,(H3,35,36,37,38,39);7-11,14,19-22,24H,12-13,15-18H2,1-6H3,(H3,34,35,36,37,38);6-10,13,16-17,19-20,22H,11-12,14-15,18H2,1-5H3,(H,39,40)(H3,33,34,35,36,37). The normalized spacial score (nSPS) is 14.9. The van der Waals surface area contributed by atoms with Crippen molar-refractivity contribution in [1.82, 2.24) is 59.6 Å². The van der Waals surface area contributed by atoms with Crippen molar-refractivity contribution in [3.05, 3.63) is 179 Å². The molecule has 0 aliphatic carbocycles. The molecule has 706 valence electrons. The number of benzene rings is 6. The van der Waals surface area contributed by atoms with E-state index in [2.05, 4.69) is 120 Å². The minimum Gasteiger partial charge on any atom is -0.489 e. The Balaban J connectivity index is 0.000000168. The first-order chi connectivity index (χ1) is 63.0. The number of nitrogens with zero attached hydrogens (tertiary/aromatic N) is 9. The van der Waals surface area contributed by atoms with Crippen molar-refractivity contribution in [1.29, 1.82) is 0 Å². The van der Waals surface area contributed by atoms with Crippen molar-refractivity contribution in [2.45, 2.75) is 229 Å². The molecule has 6 aromatic heterocycles. The van der Waals surface area contributed by atoms with Gasteiger partial charge in [-0.05, 0) is 337 Å². The maximum Gasteiger partial charge on any atom is 0.317 e. The second-order valence-electron chi connectivity index (χ2n) is 36.1. The van der Waals surface area contributed by atoms with Crippen LogP contribution in [0.1, 0.15) is 193 Å². The van der Waals surface area contributed by atoms with Crippen molar-refractivity contribution in [3.63, 3.8) is 0 Å². The molecule has 12 aromatic rings. The van der Waals surface area contributed by atoms with Gasteiger partial charge >= 0.3 is 5.97 Å². The fourth-order valence-corrected chi connectivity index (χ4v) is 20.8. The maximum absolute atomic E-state index is 13.1. The van der Waals surface area contributed by atoms with Gasteiger partial charge in [0.25, 0.3) is 0 Å². The lowest BCUT2D eigenvalue weighted by molar-refractivity contribution is -0.138. The van der Waals surface area contributed by atoms with E-state index < -0.39 is 51.2 Å². The molecule has 30 nitrogen and oxygen atoms in total. The van der Waals surface area contributed by atoms with Crippen LogP contribution in [0, 0.1) is 20.8 Å². The number of fused-ring (bicyclic) bond motifs is 3. The van der Waals surface area contributed by atoms with E-state index >= 15 is 0 Å². The number of sulfone groups is 3. The fourth-order valence-electron chi connectivity index (χ4n) is 17.1. The Bertz CT molecular complexity index is 6100. The summed E-state index contributed by atoms with van der Waals surface area (Å²) in [4.78, 5) is 56.9. The number of aryl methyl sites for hydroxylation is 3. The highest BCUT2D eigenvalue weighted by Crippen LogP contribution is 2.44. The van der Waals surface area contributed by atoms with E-state index in [0.29, 0.717) is 104 Å². The predicted octanol–water partition coefficient (Wildman–Crippen LogP) is 20.2. The molecule has 3 aliphatic rings. The van der Waals surface area contributed by atoms with Gasteiger partial charge in [-0.25, -0.2) is 25.3 Å². The molecule has 0 radical (unpaired) electrons. The van der Waals surface area contributed by atoms with Crippen LogP contribution in [0.3, 0.4) is 0 Å². The molecule has 15 rings (SSSR count). The van der Waals surface area contributed by atoms with Crippen LogP contribution in [0.4, 0.5) is 69.4 Å². The molecule has 3 aliphatic heterocycles. The first-order valence-corrected chi connectivity index (χ1v) is 50.7. The first kappa shape index (κ1) is 98.1. The number of likely N-dealkylation sites (tertiary alicyclic amines) is 3. The van der Waals surface area contributed by atoms with Crippen LogP contribution in [0.15, 0.2) is 161 Å². The number of H-pyrrole nitrogens is 3. The molecule has 0 saturated carbocycles. The SMILES string of the molecule is CCCCN1CCC(c2cc(OC(C)C)c(Nc3nc(Nc4ccccc4S(=O)(=O)C(C)C)c4cc[nH]c4n3)cc2C)CC1.COCCN1CCC(c2cc(OC(C)C)c(Nc3nc(Nc4ccccc4S(=O)(=O)C(C)C)c4cc[nH]c4n3)cc2C)CC1.Cc1cc(Nc2nc(Nc3ccccc3S(=O)(=O)C(C)C)c3cc[nH]c3n2)c(OC(C)C)cc1C1CCN(CC(=O)O)CC1. The molecule has 0 amide bonds. The van der Waals surface area contributed by atoms with E-state index in [1.54, 1.807) is 134 Å². The number of unbranched alkanes of at least 4 members (excludes halogenated alkanes) is 1. The second kappa shape index (κ2) is 43.5. The Kier molecular flexibility index (Phi) is 32.3. The maximum atomic E-state index is 13.1. The summed E-state index contributed by atoms with van der Waals surface area (Å²) in [5.41, 5.74) is 12.8. The zero-order valence-corrected chi connectivity index (χ0v) is 81.4. The lowest BCUT2D eigenvalue weighted by Crippen LogP contribution is -2.36. The third kappa shape index (κ3) is 23.9. The Labute approximate surface area is 776 Å². The zero-order valence-electron chi connectivity index (χ0n) is 79.0. The number of ether oxygens (including phenoxy) is 4. The number of methoxy groups -OCH3 is 1. The number of piperidine rings is 3. The first-order valence-electron chi connectivity index (χ1n) is 46.0. The largest absolute Gasteiger partial charge is 0.489 e. The minimum absolute atomic E-state index is 0.00885. The number of aliphatic carboxylic acids is 1. The van der Waals surface area contributed by atoms with Crippen LogP contribution in [-0.2, 0) is 39.0 Å². The number of hydrogen-bond donors (Lipinski definition) is 10. The molecule has 10 N–H and O–H groups in total. The number of carboxylic acids is 1. The van der Waals surface area contributed by atoms with E-state index in [0.717, 1.165) is 130 Å².